The molecule has 1 aromatic carbocycles. The lowest BCUT2D eigenvalue weighted by Gasteiger charge is -2.17. The maximum atomic E-state index is 12.5. The van der Waals surface area contributed by atoms with Gasteiger partial charge in [-0.05, 0) is 57.0 Å². The Morgan fingerprint density at radius 2 is 2.00 bits per heavy atom. The SMILES string of the molecule is CC(C)Oc1ccc(S(=O)(=O)N2CCC(CN)C2)cc1. The summed E-state index contributed by atoms with van der Waals surface area (Å²) in [6.07, 6.45) is 0.908. The summed E-state index contributed by atoms with van der Waals surface area (Å²) in [7, 11) is -3.40. The van der Waals surface area contributed by atoms with Crippen LogP contribution in [0.2, 0.25) is 0 Å². The largest absolute Gasteiger partial charge is 0.491 e. The predicted octanol–water partition coefficient (Wildman–Crippen LogP) is 1.44. The molecule has 1 heterocycles. The maximum Gasteiger partial charge on any atom is 0.243 e. The third kappa shape index (κ3) is 3.31. The first kappa shape index (κ1) is 15.3. The number of benzene rings is 1. The first-order chi connectivity index (χ1) is 9.43. The number of hydrogen-bond donors (Lipinski definition) is 1. The highest BCUT2D eigenvalue weighted by Crippen LogP contribution is 2.25. The summed E-state index contributed by atoms with van der Waals surface area (Å²) >= 11 is 0. The molecule has 20 heavy (non-hydrogen) atoms. The Hall–Kier alpha value is -1.11. The van der Waals surface area contributed by atoms with Gasteiger partial charge in [-0.25, -0.2) is 8.42 Å². The number of nitrogens with zero attached hydrogens (tertiary/aromatic N) is 1. The van der Waals surface area contributed by atoms with E-state index in [-0.39, 0.29) is 12.0 Å². The zero-order valence-electron chi connectivity index (χ0n) is 12.0. The fourth-order valence-electron chi connectivity index (χ4n) is 2.32. The molecule has 0 aliphatic carbocycles. The molecular formula is C14H22N2O3S. The van der Waals surface area contributed by atoms with Gasteiger partial charge >= 0.3 is 0 Å². The number of hydrogen-bond acceptors (Lipinski definition) is 4. The van der Waals surface area contributed by atoms with Crippen molar-refractivity contribution in [2.75, 3.05) is 19.6 Å². The van der Waals surface area contributed by atoms with Crippen LogP contribution in [0.4, 0.5) is 0 Å². The quantitative estimate of drug-likeness (QED) is 0.893. The second-order valence-electron chi connectivity index (χ2n) is 5.39. The molecule has 1 saturated heterocycles. The van der Waals surface area contributed by atoms with Crippen molar-refractivity contribution in [2.24, 2.45) is 11.7 Å². The monoisotopic (exact) mass is 298 g/mol. The molecule has 0 spiro atoms. The van der Waals surface area contributed by atoms with Gasteiger partial charge < -0.3 is 10.5 Å². The molecule has 0 amide bonds. The Morgan fingerprint density at radius 3 is 2.50 bits per heavy atom. The predicted molar refractivity (Wildman–Crippen MR) is 78.1 cm³/mol. The number of nitrogens with two attached hydrogens (primary N) is 1. The second kappa shape index (κ2) is 6.11. The second-order valence-corrected chi connectivity index (χ2v) is 7.33. The van der Waals surface area contributed by atoms with Crippen LogP contribution in [0.3, 0.4) is 0 Å². The summed E-state index contributed by atoms with van der Waals surface area (Å²) in [6.45, 7) is 5.47. The molecule has 2 rings (SSSR count). The van der Waals surface area contributed by atoms with Gasteiger partial charge in [0, 0.05) is 13.1 Å². The lowest BCUT2D eigenvalue weighted by molar-refractivity contribution is 0.242. The average molecular weight is 298 g/mol. The van der Waals surface area contributed by atoms with Gasteiger partial charge in [0.25, 0.3) is 0 Å². The van der Waals surface area contributed by atoms with E-state index in [1.807, 2.05) is 13.8 Å². The Labute approximate surface area is 120 Å². The van der Waals surface area contributed by atoms with Crippen LogP contribution in [0.25, 0.3) is 0 Å². The highest BCUT2D eigenvalue weighted by atomic mass is 32.2. The molecular weight excluding hydrogens is 276 g/mol. The summed E-state index contributed by atoms with van der Waals surface area (Å²) in [5.74, 6) is 0.952. The van der Waals surface area contributed by atoms with Gasteiger partial charge in [-0.15, -0.1) is 0 Å². The number of sulfonamides is 1. The van der Waals surface area contributed by atoms with E-state index in [9.17, 15) is 8.42 Å². The molecule has 1 atom stereocenters. The van der Waals surface area contributed by atoms with Gasteiger partial charge in [-0.3, -0.25) is 0 Å². The van der Waals surface area contributed by atoms with E-state index < -0.39 is 10.0 Å². The van der Waals surface area contributed by atoms with Crippen LogP contribution in [0.1, 0.15) is 20.3 Å². The highest BCUT2D eigenvalue weighted by Gasteiger charge is 2.31. The molecule has 1 aliphatic rings. The van der Waals surface area contributed by atoms with Gasteiger partial charge in [0.1, 0.15) is 5.75 Å². The normalized spacial score (nSPS) is 20.5. The van der Waals surface area contributed by atoms with E-state index in [2.05, 4.69) is 0 Å². The molecule has 1 aliphatic heterocycles. The average Bonchev–Trinajstić information content (AvgIpc) is 2.88. The van der Waals surface area contributed by atoms with Crippen LogP contribution < -0.4 is 10.5 Å². The van der Waals surface area contributed by atoms with E-state index in [0.29, 0.717) is 30.3 Å². The Bertz CT molecular complexity index is 540. The van der Waals surface area contributed by atoms with Crippen molar-refractivity contribution in [1.82, 2.24) is 4.31 Å². The third-order valence-electron chi connectivity index (χ3n) is 3.42. The minimum atomic E-state index is -3.40. The maximum absolute atomic E-state index is 12.5. The first-order valence-corrected chi connectivity index (χ1v) is 8.34. The molecule has 112 valence electrons. The number of rotatable bonds is 5. The van der Waals surface area contributed by atoms with Crippen LogP contribution in [-0.4, -0.2) is 38.5 Å². The highest BCUT2D eigenvalue weighted by molar-refractivity contribution is 7.89. The number of ether oxygens (including phenoxy) is 1. The van der Waals surface area contributed by atoms with E-state index in [0.717, 1.165) is 6.42 Å². The minimum Gasteiger partial charge on any atom is -0.491 e. The molecule has 0 aromatic heterocycles. The third-order valence-corrected chi connectivity index (χ3v) is 5.29. The summed E-state index contributed by atoms with van der Waals surface area (Å²) in [4.78, 5) is 0.311. The fraction of sp³-hybridized carbons (Fsp3) is 0.571. The molecule has 0 bridgehead atoms. The fourth-order valence-corrected chi connectivity index (χ4v) is 3.85. The van der Waals surface area contributed by atoms with Crippen molar-refractivity contribution in [1.29, 1.82) is 0 Å². The summed E-state index contributed by atoms with van der Waals surface area (Å²) in [6, 6.07) is 6.60. The molecule has 1 unspecified atom stereocenters. The summed E-state index contributed by atoms with van der Waals surface area (Å²) < 4.78 is 32.0. The zero-order valence-corrected chi connectivity index (χ0v) is 12.8. The van der Waals surface area contributed by atoms with E-state index in [1.54, 1.807) is 24.3 Å². The van der Waals surface area contributed by atoms with Crippen LogP contribution in [-0.2, 0) is 10.0 Å². The van der Waals surface area contributed by atoms with E-state index >= 15 is 0 Å². The smallest absolute Gasteiger partial charge is 0.243 e. The van der Waals surface area contributed by atoms with E-state index in [4.69, 9.17) is 10.5 Å². The lowest BCUT2D eigenvalue weighted by atomic mass is 10.1. The van der Waals surface area contributed by atoms with Crippen LogP contribution in [0.15, 0.2) is 29.2 Å². The molecule has 1 aromatic rings. The lowest BCUT2D eigenvalue weighted by Crippen LogP contribution is -2.30. The molecule has 0 radical (unpaired) electrons. The molecule has 1 fully saturated rings. The Morgan fingerprint density at radius 1 is 1.35 bits per heavy atom. The molecule has 2 N–H and O–H groups in total. The topological polar surface area (TPSA) is 72.6 Å². The molecule has 5 nitrogen and oxygen atoms in total. The van der Waals surface area contributed by atoms with Gasteiger partial charge in [-0.1, -0.05) is 0 Å². The zero-order chi connectivity index (χ0) is 14.8. The molecule has 6 heteroatoms. The van der Waals surface area contributed by atoms with Crippen molar-refractivity contribution >= 4 is 10.0 Å². The minimum absolute atomic E-state index is 0.0707. The van der Waals surface area contributed by atoms with Crippen LogP contribution in [0.5, 0.6) is 5.75 Å². The van der Waals surface area contributed by atoms with Crippen molar-refractivity contribution in [3.63, 3.8) is 0 Å². The van der Waals surface area contributed by atoms with Crippen molar-refractivity contribution in [3.8, 4) is 5.75 Å². The van der Waals surface area contributed by atoms with Crippen LogP contribution in [0, 0.1) is 5.92 Å². The summed E-state index contributed by atoms with van der Waals surface area (Å²) in [5.41, 5.74) is 5.61. The van der Waals surface area contributed by atoms with Crippen molar-refractivity contribution in [3.05, 3.63) is 24.3 Å². The van der Waals surface area contributed by atoms with Gasteiger partial charge in [0.05, 0.1) is 11.0 Å². The first-order valence-electron chi connectivity index (χ1n) is 6.90. The van der Waals surface area contributed by atoms with Crippen molar-refractivity contribution < 1.29 is 13.2 Å². The van der Waals surface area contributed by atoms with Gasteiger partial charge in [0.2, 0.25) is 10.0 Å². The van der Waals surface area contributed by atoms with E-state index in [1.165, 1.54) is 4.31 Å². The Kier molecular flexibility index (Phi) is 4.67. The summed E-state index contributed by atoms with van der Waals surface area (Å²) in [5, 5.41) is 0. The standard InChI is InChI=1S/C14H22N2O3S/c1-11(2)19-13-3-5-14(6-4-13)20(17,18)16-8-7-12(9-15)10-16/h3-6,11-12H,7-10,15H2,1-2H3. The van der Waals surface area contributed by atoms with Gasteiger partial charge in [0.15, 0.2) is 0 Å². The van der Waals surface area contributed by atoms with Gasteiger partial charge in [-0.2, -0.15) is 4.31 Å². The van der Waals surface area contributed by atoms with Crippen LogP contribution >= 0.6 is 0 Å². The Balaban J connectivity index is 2.14. The van der Waals surface area contributed by atoms with Crippen molar-refractivity contribution in [2.45, 2.75) is 31.3 Å². The molecule has 0 saturated carbocycles.